The first kappa shape index (κ1) is 23.4. The quantitative estimate of drug-likeness (QED) is 0.452. The van der Waals surface area contributed by atoms with Crippen LogP contribution in [0.15, 0.2) is 52.1 Å². The van der Waals surface area contributed by atoms with E-state index < -0.39 is 0 Å². The van der Waals surface area contributed by atoms with E-state index in [0.717, 1.165) is 31.2 Å². The van der Waals surface area contributed by atoms with Gasteiger partial charge in [-0.1, -0.05) is 43.0 Å². The maximum Gasteiger partial charge on any atom is 0.352 e. The lowest BCUT2D eigenvalue weighted by Gasteiger charge is -2.22. The number of amides is 1. The van der Waals surface area contributed by atoms with Crippen molar-refractivity contribution in [3.63, 3.8) is 0 Å². The van der Waals surface area contributed by atoms with Gasteiger partial charge in [0.05, 0.1) is 17.4 Å². The highest BCUT2D eigenvalue weighted by Crippen LogP contribution is 2.20. The number of nitrogens with one attached hydrogen (secondary N) is 1. The van der Waals surface area contributed by atoms with Gasteiger partial charge in [-0.25, -0.2) is 13.9 Å². The van der Waals surface area contributed by atoms with E-state index in [2.05, 4.69) is 10.4 Å². The van der Waals surface area contributed by atoms with Gasteiger partial charge < -0.3 is 5.32 Å². The van der Waals surface area contributed by atoms with Crippen molar-refractivity contribution in [3.05, 3.63) is 79.5 Å². The summed E-state index contributed by atoms with van der Waals surface area (Å²) in [5, 5.41) is 8.61. The molecule has 0 atom stereocenters. The molecule has 0 spiro atoms. The molecule has 2 aromatic heterocycles. The van der Waals surface area contributed by atoms with E-state index in [4.69, 9.17) is 11.6 Å². The average molecular weight is 494 g/mol. The summed E-state index contributed by atoms with van der Waals surface area (Å²) in [4.78, 5) is 39.9. The monoisotopic (exact) mass is 493 g/mol. The minimum absolute atomic E-state index is 0.158. The molecule has 2 heterocycles. The largest absolute Gasteiger partial charge is 0.352 e. The first-order valence-corrected chi connectivity index (χ1v) is 12.4. The molecule has 1 amide bonds. The first-order valence-electron chi connectivity index (χ1n) is 12.1. The summed E-state index contributed by atoms with van der Waals surface area (Å²) >= 11 is 5.99. The minimum Gasteiger partial charge on any atom is -0.349 e. The van der Waals surface area contributed by atoms with E-state index in [1.54, 1.807) is 30.3 Å². The third-order valence-corrected chi connectivity index (χ3v) is 6.94. The van der Waals surface area contributed by atoms with Crippen LogP contribution in [0.1, 0.15) is 67.9 Å². The summed E-state index contributed by atoms with van der Waals surface area (Å²) in [6.45, 7) is 3.98. The van der Waals surface area contributed by atoms with Crippen LogP contribution in [0.3, 0.4) is 0 Å². The number of aromatic nitrogens is 4. The Kier molecular flexibility index (Phi) is 6.23. The van der Waals surface area contributed by atoms with Crippen LogP contribution in [0, 0.1) is 0 Å². The maximum absolute atomic E-state index is 13.5. The molecule has 5 rings (SSSR count). The molecule has 1 N–H and O–H groups in total. The Labute approximate surface area is 207 Å². The van der Waals surface area contributed by atoms with Gasteiger partial charge in [-0.15, -0.1) is 5.10 Å². The van der Waals surface area contributed by atoms with Crippen molar-refractivity contribution >= 4 is 34.2 Å². The fourth-order valence-corrected chi connectivity index (χ4v) is 5.00. The number of carbonyl (C=O) groups excluding carboxylic acids is 1. The highest BCUT2D eigenvalue weighted by molar-refractivity contribution is 6.30. The molecular weight excluding hydrogens is 466 g/mol. The zero-order valence-electron chi connectivity index (χ0n) is 19.8. The van der Waals surface area contributed by atoms with E-state index in [1.165, 1.54) is 20.1 Å². The lowest BCUT2D eigenvalue weighted by atomic mass is 9.95. The van der Waals surface area contributed by atoms with Crippen LogP contribution in [0.25, 0.3) is 16.7 Å². The van der Waals surface area contributed by atoms with E-state index in [1.807, 2.05) is 26.0 Å². The highest BCUT2D eigenvalue weighted by atomic mass is 35.5. The molecule has 0 radical (unpaired) electrons. The Morgan fingerprint density at radius 3 is 2.49 bits per heavy atom. The maximum atomic E-state index is 13.5. The van der Waals surface area contributed by atoms with Gasteiger partial charge in [0.2, 0.25) is 5.78 Å². The number of nitrogens with zero attached hydrogens (tertiary/aromatic N) is 4. The Bertz CT molecular complexity index is 1530. The molecule has 0 unspecified atom stereocenters. The van der Waals surface area contributed by atoms with Crippen LogP contribution >= 0.6 is 11.6 Å². The second-order valence-electron chi connectivity index (χ2n) is 9.51. The molecule has 0 bridgehead atoms. The molecule has 35 heavy (non-hydrogen) atoms. The van der Waals surface area contributed by atoms with E-state index in [-0.39, 0.29) is 41.6 Å². The fraction of sp³-hybridized carbons (Fsp3) is 0.385. The predicted molar refractivity (Wildman–Crippen MR) is 136 cm³/mol. The van der Waals surface area contributed by atoms with Gasteiger partial charge in [-0.3, -0.25) is 14.2 Å². The third-order valence-electron chi connectivity index (χ3n) is 6.69. The number of benzene rings is 2. The average Bonchev–Trinajstić information content (AvgIpc) is 3.16. The number of halogens is 1. The number of fused-ring (bicyclic) bond motifs is 3. The number of carbonyl (C=O) groups is 1. The molecule has 4 aromatic rings. The fourth-order valence-electron chi connectivity index (χ4n) is 4.87. The molecule has 0 aliphatic heterocycles. The standard InChI is InChI=1S/C26H28ClN5O3/c1-16(2)31-24(34)21-13-10-18(23(33)28-20-6-4-3-5-7-20)14-22(21)32-25(31)29-30(26(32)35)15-17-8-11-19(27)12-9-17/h8-14,16,20H,3-7,15H2,1-2H3,(H,28,33). The van der Waals surface area contributed by atoms with Gasteiger partial charge in [-0.2, -0.15) is 0 Å². The van der Waals surface area contributed by atoms with Crippen molar-refractivity contribution in [1.82, 2.24) is 24.1 Å². The first-order chi connectivity index (χ1) is 16.8. The van der Waals surface area contributed by atoms with Gasteiger partial charge >= 0.3 is 5.69 Å². The molecule has 1 aliphatic carbocycles. The summed E-state index contributed by atoms with van der Waals surface area (Å²) in [6, 6.07) is 12.0. The minimum atomic E-state index is -0.376. The normalized spacial score (nSPS) is 14.7. The molecular formula is C26H28ClN5O3. The van der Waals surface area contributed by atoms with Crippen LogP contribution in [0.4, 0.5) is 0 Å². The van der Waals surface area contributed by atoms with Crippen LogP contribution in [-0.2, 0) is 6.54 Å². The lowest BCUT2D eigenvalue weighted by Crippen LogP contribution is -2.36. The summed E-state index contributed by atoms with van der Waals surface area (Å²) < 4.78 is 4.29. The lowest BCUT2D eigenvalue weighted by molar-refractivity contribution is 0.0928. The van der Waals surface area contributed by atoms with Gasteiger partial charge in [0.15, 0.2) is 0 Å². The highest BCUT2D eigenvalue weighted by Gasteiger charge is 2.21. The summed E-state index contributed by atoms with van der Waals surface area (Å²) in [6.07, 6.45) is 5.37. The summed E-state index contributed by atoms with van der Waals surface area (Å²) in [5.41, 5.74) is 1.04. The summed E-state index contributed by atoms with van der Waals surface area (Å²) in [5.74, 6) is 0.0582. The van der Waals surface area contributed by atoms with Crippen molar-refractivity contribution in [1.29, 1.82) is 0 Å². The van der Waals surface area contributed by atoms with Crippen molar-refractivity contribution in [2.75, 3.05) is 0 Å². The summed E-state index contributed by atoms with van der Waals surface area (Å²) in [7, 11) is 0. The van der Waals surface area contributed by atoms with Crippen LogP contribution < -0.4 is 16.6 Å². The van der Waals surface area contributed by atoms with Gasteiger partial charge in [0, 0.05) is 22.7 Å². The van der Waals surface area contributed by atoms with E-state index >= 15 is 0 Å². The van der Waals surface area contributed by atoms with Gasteiger partial charge in [0.1, 0.15) is 0 Å². The van der Waals surface area contributed by atoms with Crippen molar-refractivity contribution in [2.24, 2.45) is 0 Å². The van der Waals surface area contributed by atoms with E-state index in [0.29, 0.717) is 21.5 Å². The van der Waals surface area contributed by atoms with Crippen LogP contribution in [0.2, 0.25) is 5.02 Å². The predicted octanol–water partition coefficient (Wildman–Crippen LogP) is 4.16. The number of rotatable bonds is 5. The third kappa shape index (κ3) is 4.38. The van der Waals surface area contributed by atoms with Crippen molar-refractivity contribution in [2.45, 2.75) is 64.6 Å². The van der Waals surface area contributed by atoms with Gasteiger partial charge in [0.25, 0.3) is 11.5 Å². The Morgan fingerprint density at radius 2 is 1.80 bits per heavy atom. The second-order valence-corrected chi connectivity index (χ2v) is 9.95. The Hall–Kier alpha value is -3.39. The number of hydrogen-bond donors (Lipinski definition) is 1. The number of hydrogen-bond acceptors (Lipinski definition) is 4. The van der Waals surface area contributed by atoms with Crippen molar-refractivity contribution < 1.29 is 4.79 Å². The van der Waals surface area contributed by atoms with Crippen molar-refractivity contribution in [3.8, 4) is 0 Å². The molecule has 0 saturated heterocycles. The molecule has 9 heteroatoms. The van der Waals surface area contributed by atoms with Crippen LogP contribution in [0.5, 0.6) is 0 Å². The Morgan fingerprint density at radius 1 is 1.09 bits per heavy atom. The molecule has 1 aliphatic rings. The topological polar surface area (TPSA) is 90.4 Å². The second kappa shape index (κ2) is 9.34. The zero-order valence-corrected chi connectivity index (χ0v) is 20.6. The van der Waals surface area contributed by atoms with E-state index in [9.17, 15) is 14.4 Å². The molecule has 2 aromatic carbocycles. The molecule has 1 saturated carbocycles. The smallest absolute Gasteiger partial charge is 0.349 e. The molecule has 1 fully saturated rings. The zero-order chi connectivity index (χ0) is 24.7. The van der Waals surface area contributed by atoms with Crippen LogP contribution in [-0.4, -0.2) is 30.7 Å². The molecule has 182 valence electrons. The Balaban J connectivity index is 1.65. The SMILES string of the molecule is CC(C)n1c(=O)c2ccc(C(=O)NC3CCCCC3)cc2n2c(=O)n(Cc3ccc(Cl)cc3)nc12. The molecule has 8 nitrogen and oxygen atoms in total. The van der Waals surface area contributed by atoms with Gasteiger partial charge in [-0.05, 0) is 62.6 Å².